The van der Waals surface area contributed by atoms with E-state index in [-0.39, 0.29) is 5.04 Å². The summed E-state index contributed by atoms with van der Waals surface area (Å²) in [5, 5.41) is 1.34. The zero-order valence-corrected chi connectivity index (χ0v) is 13.9. The van der Waals surface area contributed by atoms with Crippen LogP contribution in [0.2, 0.25) is 18.1 Å². The first-order chi connectivity index (χ1) is 8.64. The molecule has 0 fully saturated rings. The molecule has 0 spiro atoms. The number of aromatic nitrogens is 1. The Bertz CT molecular complexity index is 640. The minimum absolute atomic E-state index is 0.216. The highest BCUT2D eigenvalue weighted by molar-refractivity contribution is 7.79. The predicted molar refractivity (Wildman–Crippen MR) is 83.6 cm³/mol. The third-order valence-electron chi connectivity index (χ3n) is 4.30. The molecule has 5 heteroatoms. The van der Waals surface area contributed by atoms with Crippen LogP contribution in [0.25, 0.3) is 10.9 Å². The molecular weight excluding hydrogens is 274 g/mol. The molecule has 2 aromatic rings. The Labute approximate surface area is 118 Å². The third-order valence-corrected chi connectivity index (χ3v) is 10.2. The van der Waals surface area contributed by atoms with Crippen molar-refractivity contribution in [2.75, 3.05) is 0 Å². The van der Waals surface area contributed by atoms with Crippen LogP contribution in [0, 0.1) is 0 Å². The minimum atomic E-state index is -1.92. The summed E-state index contributed by atoms with van der Waals surface area (Å²) >= 11 is -1.92. The van der Waals surface area contributed by atoms with Crippen molar-refractivity contribution < 1.29 is 8.76 Å². The van der Waals surface area contributed by atoms with E-state index in [0.717, 1.165) is 10.9 Å². The molecule has 0 amide bonds. The predicted octanol–water partition coefficient (Wildman–Crippen LogP) is 4.08. The van der Waals surface area contributed by atoms with Gasteiger partial charge in [0.25, 0.3) is 0 Å². The highest BCUT2D eigenvalue weighted by Crippen LogP contribution is 2.39. The van der Waals surface area contributed by atoms with Crippen LogP contribution in [-0.2, 0) is 11.1 Å². The van der Waals surface area contributed by atoms with Gasteiger partial charge in [-0.2, -0.15) is 0 Å². The average Bonchev–Trinajstić information content (AvgIpc) is 2.70. The Balaban J connectivity index is 2.68. The summed E-state index contributed by atoms with van der Waals surface area (Å²) in [4.78, 5) is 0.464. The first-order valence-electron chi connectivity index (χ1n) is 6.37. The molecule has 2 rings (SSSR count). The average molecular weight is 295 g/mol. The van der Waals surface area contributed by atoms with Gasteiger partial charge >= 0.3 is 0 Å². The molecule has 104 valence electrons. The van der Waals surface area contributed by atoms with Gasteiger partial charge in [-0.15, -0.1) is 0 Å². The zero-order valence-electron chi connectivity index (χ0n) is 12.1. The molecular formula is C14H21NO2SSi. The van der Waals surface area contributed by atoms with Crippen LogP contribution in [-0.4, -0.2) is 21.2 Å². The van der Waals surface area contributed by atoms with Gasteiger partial charge in [0.1, 0.15) is 0 Å². The van der Waals surface area contributed by atoms with Crippen molar-refractivity contribution in [3.05, 3.63) is 30.5 Å². The standard InChI is InChI=1S/C14H21NO2SSi/c1-14(2,3)19(4,5)15-9-8-11-6-7-12(18(16)17)10-13(11)15/h6-10H,1-5H3,(H,16,17). The summed E-state index contributed by atoms with van der Waals surface area (Å²) in [5.41, 5.74) is 1.06. The fourth-order valence-corrected chi connectivity index (χ4v) is 4.43. The molecule has 1 aromatic heterocycles. The minimum Gasteiger partial charge on any atom is -0.374 e. The quantitative estimate of drug-likeness (QED) is 0.670. The van der Waals surface area contributed by atoms with Crippen molar-refractivity contribution in [1.29, 1.82) is 0 Å². The lowest BCUT2D eigenvalue weighted by Crippen LogP contribution is -2.44. The van der Waals surface area contributed by atoms with Crippen LogP contribution in [0.5, 0.6) is 0 Å². The van der Waals surface area contributed by atoms with E-state index in [9.17, 15) is 8.76 Å². The van der Waals surface area contributed by atoms with Crippen LogP contribution in [0.3, 0.4) is 0 Å². The van der Waals surface area contributed by atoms with E-state index < -0.39 is 19.3 Å². The van der Waals surface area contributed by atoms with Crippen LogP contribution >= 0.6 is 0 Å². The first kappa shape index (κ1) is 14.5. The molecule has 1 unspecified atom stereocenters. The Morgan fingerprint density at radius 1 is 1.21 bits per heavy atom. The normalized spacial score (nSPS) is 14.8. The summed E-state index contributed by atoms with van der Waals surface area (Å²) in [7, 11) is -1.71. The topological polar surface area (TPSA) is 42.2 Å². The Morgan fingerprint density at radius 3 is 2.37 bits per heavy atom. The fourth-order valence-electron chi connectivity index (χ4n) is 2.07. The van der Waals surface area contributed by atoms with Gasteiger partial charge in [-0.1, -0.05) is 39.9 Å². The number of fused-ring (bicyclic) bond motifs is 1. The van der Waals surface area contributed by atoms with E-state index in [1.165, 1.54) is 0 Å². The van der Waals surface area contributed by atoms with Gasteiger partial charge in [-0.05, 0) is 34.8 Å². The molecule has 3 nitrogen and oxygen atoms in total. The Hall–Kier alpha value is -0.913. The van der Waals surface area contributed by atoms with Gasteiger partial charge in [0.15, 0.2) is 19.3 Å². The molecule has 0 aliphatic rings. The summed E-state index contributed by atoms with van der Waals surface area (Å²) < 4.78 is 22.8. The second kappa shape index (κ2) is 4.58. The summed E-state index contributed by atoms with van der Waals surface area (Å²) in [6, 6.07) is 7.56. The largest absolute Gasteiger partial charge is 0.374 e. The lowest BCUT2D eigenvalue weighted by molar-refractivity contribution is 0.564. The highest BCUT2D eigenvalue weighted by atomic mass is 32.2. The van der Waals surface area contributed by atoms with Crippen molar-refractivity contribution in [2.45, 2.75) is 43.8 Å². The van der Waals surface area contributed by atoms with Crippen molar-refractivity contribution >= 4 is 30.2 Å². The van der Waals surface area contributed by atoms with Gasteiger partial charge in [0.2, 0.25) is 0 Å². The Kier molecular flexibility index (Phi) is 3.49. The maximum Gasteiger partial charge on any atom is 0.186 e. The van der Waals surface area contributed by atoms with Crippen LogP contribution in [0.15, 0.2) is 35.4 Å². The van der Waals surface area contributed by atoms with Gasteiger partial charge in [-0.3, -0.25) is 0 Å². The molecule has 0 saturated carbocycles. The molecule has 0 aliphatic carbocycles. The number of hydrogen-bond donors (Lipinski definition) is 1. The summed E-state index contributed by atoms with van der Waals surface area (Å²) in [5.74, 6) is 0. The third kappa shape index (κ3) is 2.42. The van der Waals surface area contributed by atoms with Gasteiger partial charge in [0.05, 0.1) is 4.90 Å². The molecule has 0 aliphatic heterocycles. The molecule has 1 heterocycles. The maximum atomic E-state index is 11.2. The lowest BCUT2D eigenvalue weighted by atomic mass is 10.2. The number of rotatable bonds is 2. The second-order valence-corrected chi connectivity index (χ2v) is 12.5. The van der Waals surface area contributed by atoms with E-state index in [1.807, 2.05) is 12.1 Å². The maximum absolute atomic E-state index is 11.2. The van der Waals surface area contributed by atoms with E-state index in [0.29, 0.717) is 4.90 Å². The first-order valence-corrected chi connectivity index (χ1v) is 10.4. The monoisotopic (exact) mass is 295 g/mol. The van der Waals surface area contributed by atoms with Crippen LogP contribution in [0.1, 0.15) is 20.8 Å². The molecule has 19 heavy (non-hydrogen) atoms. The van der Waals surface area contributed by atoms with Crippen molar-refractivity contribution in [3.63, 3.8) is 0 Å². The fraction of sp³-hybridized carbons (Fsp3) is 0.429. The summed E-state index contributed by atoms with van der Waals surface area (Å²) in [6.45, 7) is 11.4. The molecule has 1 atom stereocenters. The highest BCUT2D eigenvalue weighted by Gasteiger charge is 2.38. The molecule has 0 radical (unpaired) electrons. The number of nitrogens with zero attached hydrogens (tertiary/aromatic N) is 1. The van der Waals surface area contributed by atoms with Gasteiger partial charge in [-0.25, -0.2) is 4.21 Å². The number of benzene rings is 1. The Morgan fingerprint density at radius 2 is 1.84 bits per heavy atom. The van der Waals surface area contributed by atoms with E-state index in [2.05, 4.69) is 50.4 Å². The summed E-state index contributed by atoms with van der Waals surface area (Å²) in [6.07, 6.45) is 2.12. The smallest absolute Gasteiger partial charge is 0.186 e. The number of hydrogen-bond acceptors (Lipinski definition) is 1. The van der Waals surface area contributed by atoms with Gasteiger partial charge in [0, 0.05) is 5.52 Å². The SMILES string of the molecule is CC(C)(C)[Si](C)(C)n1ccc2ccc(S(=O)O)cc21. The van der Waals surface area contributed by atoms with Crippen molar-refractivity contribution in [3.8, 4) is 0 Å². The van der Waals surface area contributed by atoms with Crippen molar-refractivity contribution in [1.82, 2.24) is 4.23 Å². The second-order valence-electron chi connectivity index (χ2n) is 6.46. The lowest BCUT2D eigenvalue weighted by Gasteiger charge is -2.38. The van der Waals surface area contributed by atoms with Crippen molar-refractivity contribution in [2.24, 2.45) is 0 Å². The van der Waals surface area contributed by atoms with Crippen LogP contribution in [0.4, 0.5) is 0 Å². The van der Waals surface area contributed by atoms with E-state index in [1.54, 1.807) is 6.07 Å². The molecule has 1 N–H and O–H groups in total. The van der Waals surface area contributed by atoms with E-state index >= 15 is 0 Å². The van der Waals surface area contributed by atoms with Gasteiger partial charge < -0.3 is 8.79 Å². The molecule has 0 saturated heterocycles. The van der Waals surface area contributed by atoms with E-state index in [4.69, 9.17) is 0 Å². The molecule has 1 aromatic carbocycles. The molecule has 0 bridgehead atoms. The zero-order chi connectivity index (χ0) is 14.4. The van der Waals surface area contributed by atoms with Crippen LogP contribution < -0.4 is 0 Å².